The Balaban J connectivity index is 2.75. The number of methoxy groups -OCH3 is 1. The number of esters is 1. The van der Waals surface area contributed by atoms with Crippen molar-refractivity contribution in [1.29, 1.82) is 0 Å². The number of hydrogen-bond acceptors (Lipinski definition) is 4. The Bertz CT molecular complexity index is 531. The highest BCUT2D eigenvalue weighted by Crippen LogP contribution is 2.09. The summed E-state index contributed by atoms with van der Waals surface area (Å²) >= 11 is 0. The molecule has 0 aromatic carbocycles. The molecule has 2 heterocycles. The van der Waals surface area contributed by atoms with Crippen LogP contribution in [0, 0.1) is 13.8 Å². The van der Waals surface area contributed by atoms with E-state index >= 15 is 0 Å². The standard InChI is InChI=1S/C10H11N3O2/c1-6-4-8(10(14)15-3)13-9(11-6)5-7(2)12-13/h4-5H,1-3H3. The number of rotatable bonds is 1. The molecule has 0 aliphatic rings. The van der Waals surface area contributed by atoms with Crippen LogP contribution in [-0.4, -0.2) is 27.7 Å². The van der Waals surface area contributed by atoms with Crippen LogP contribution in [0.25, 0.3) is 5.65 Å². The summed E-state index contributed by atoms with van der Waals surface area (Å²) in [5.41, 5.74) is 2.64. The van der Waals surface area contributed by atoms with Gasteiger partial charge in [0.05, 0.1) is 12.8 Å². The Hall–Kier alpha value is -1.91. The zero-order chi connectivity index (χ0) is 11.0. The van der Waals surface area contributed by atoms with Gasteiger partial charge in [-0.2, -0.15) is 5.10 Å². The topological polar surface area (TPSA) is 56.5 Å². The van der Waals surface area contributed by atoms with E-state index in [-0.39, 0.29) is 0 Å². The van der Waals surface area contributed by atoms with Crippen LogP contribution in [0.1, 0.15) is 21.9 Å². The molecule has 0 amide bonds. The van der Waals surface area contributed by atoms with E-state index in [0.29, 0.717) is 11.3 Å². The molecule has 2 aromatic rings. The third-order valence-corrected chi connectivity index (χ3v) is 2.07. The molecular formula is C10H11N3O2. The number of aromatic nitrogens is 3. The second-order valence-corrected chi connectivity index (χ2v) is 3.33. The maximum absolute atomic E-state index is 11.5. The molecule has 0 aliphatic heterocycles. The van der Waals surface area contributed by atoms with Crippen molar-refractivity contribution in [2.75, 3.05) is 7.11 Å². The lowest BCUT2D eigenvalue weighted by Crippen LogP contribution is -2.10. The van der Waals surface area contributed by atoms with Gasteiger partial charge in [0.1, 0.15) is 0 Å². The molecule has 0 fully saturated rings. The summed E-state index contributed by atoms with van der Waals surface area (Å²) < 4.78 is 6.18. The third kappa shape index (κ3) is 1.56. The van der Waals surface area contributed by atoms with Crippen molar-refractivity contribution in [2.24, 2.45) is 0 Å². The van der Waals surface area contributed by atoms with Crippen LogP contribution in [0.2, 0.25) is 0 Å². The average molecular weight is 205 g/mol. The summed E-state index contributed by atoms with van der Waals surface area (Å²) in [6, 6.07) is 3.48. The van der Waals surface area contributed by atoms with E-state index in [0.717, 1.165) is 11.4 Å². The first-order valence-corrected chi connectivity index (χ1v) is 4.54. The van der Waals surface area contributed by atoms with Gasteiger partial charge in [0.25, 0.3) is 0 Å². The van der Waals surface area contributed by atoms with Gasteiger partial charge in [-0.3, -0.25) is 0 Å². The summed E-state index contributed by atoms with van der Waals surface area (Å²) in [5.74, 6) is -0.409. The Morgan fingerprint density at radius 1 is 1.33 bits per heavy atom. The predicted molar refractivity (Wildman–Crippen MR) is 53.8 cm³/mol. The molecule has 0 aliphatic carbocycles. The lowest BCUT2D eigenvalue weighted by molar-refractivity contribution is 0.0590. The highest BCUT2D eigenvalue weighted by Gasteiger charge is 2.13. The molecule has 0 spiro atoms. The fourth-order valence-corrected chi connectivity index (χ4v) is 1.46. The zero-order valence-corrected chi connectivity index (χ0v) is 8.81. The summed E-state index contributed by atoms with van der Waals surface area (Å²) in [4.78, 5) is 15.7. The lowest BCUT2D eigenvalue weighted by Gasteiger charge is -2.03. The van der Waals surface area contributed by atoms with Crippen molar-refractivity contribution in [3.8, 4) is 0 Å². The molecule has 5 nitrogen and oxygen atoms in total. The molecule has 2 aromatic heterocycles. The van der Waals surface area contributed by atoms with Crippen LogP contribution in [0.4, 0.5) is 0 Å². The van der Waals surface area contributed by atoms with Gasteiger partial charge in [-0.1, -0.05) is 0 Å². The van der Waals surface area contributed by atoms with E-state index in [9.17, 15) is 4.79 Å². The van der Waals surface area contributed by atoms with Crippen molar-refractivity contribution < 1.29 is 9.53 Å². The molecule has 0 radical (unpaired) electrons. The Morgan fingerprint density at radius 2 is 2.07 bits per heavy atom. The number of carbonyl (C=O) groups excluding carboxylic acids is 1. The van der Waals surface area contributed by atoms with Crippen molar-refractivity contribution in [2.45, 2.75) is 13.8 Å². The number of aryl methyl sites for hydroxylation is 2. The monoisotopic (exact) mass is 205 g/mol. The van der Waals surface area contributed by atoms with Gasteiger partial charge in [-0.05, 0) is 19.9 Å². The molecule has 2 rings (SSSR count). The Kier molecular flexibility index (Phi) is 2.15. The van der Waals surface area contributed by atoms with E-state index in [2.05, 4.69) is 14.8 Å². The molecule has 15 heavy (non-hydrogen) atoms. The van der Waals surface area contributed by atoms with Crippen molar-refractivity contribution in [3.05, 3.63) is 29.2 Å². The average Bonchev–Trinajstić information content (AvgIpc) is 2.55. The largest absolute Gasteiger partial charge is 0.464 e. The first-order chi connectivity index (χ1) is 7.11. The normalized spacial score (nSPS) is 10.6. The smallest absolute Gasteiger partial charge is 0.356 e. The van der Waals surface area contributed by atoms with Crippen LogP contribution < -0.4 is 0 Å². The molecular weight excluding hydrogens is 194 g/mol. The SMILES string of the molecule is COC(=O)c1cc(C)nc2cc(C)nn12. The molecule has 0 bridgehead atoms. The highest BCUT2D eigenvalue weighted by atomic mass is 16.5. The zero-order valence-electron chi connectivity index (χ0n) is 8.81. The van der Waals surface area contributed by atoms with E-state index < -0.39 is 5.97 Å². The van der Waals surface area contributed by atoms with E-state index in [1.165, 1.54) is 11.6 Å². The van der Waals surface area contributed by atoms with Crippen LogP contribution in [-0.2, 0) is 4.74 Å². The Labute approximate surface area is 86.7 Å². The molecule has 0 N–H and O–H groups in total. The minimum absolute atomic E-state index is 0.396. The number of carbonyl (C=O) groups is 1. The molecule has 0 unspecified atom stereocenters. The van der Waals surface area contributed by atoms with Gasteiger partial charge < -0.3 is 4.74 Å². The van der Waals surface area contributed by atoms with Gasteiger partial charge >= 0.3 is 5.97 Å². The van der Waals surface area contributed by atoms with Gasteiger partial charge in [-0.15, -0.1) is 0 Å². The second-order valence-electron chi connectivity index (χ2n) is 3.33. The van der Waals surface area contributed by atoms with Gasteiger partial charge in [0.2, 0.25) is 0 Å². The van der Waals surface area contributed by atoms with Crippen LogP contribution in [0.5, 0.6) is 0 Å². The van der Waals surface area contributed by atoms with Crippen molar-refractivity contribution in [3.63, 3.8) is 0 Å². The van der Waals surface area contributed by atoms with Crippen molar-refractivity contribution in [1.82, 2.24) is 14.6 Å². The third-order valence-electron chi connectivity index (χ3n) is 2.07. The Morgan fingerprint density at radius 3 is 2.73 bits per heavy atom. The summed E-state index contributed by atoms with van der Waals surface area (Å²) in [7, 11) is 1.35. The first-order valence-electron chi connectivity index (χ1n) is 4.54. The maximum Gasteiger partial charge on any atom is 0.356 e. The van der Waals surface area contributed by atoms with E-state index in [4.69, 9.17) is 0 Å². The maximum atomic E-state index is 11.5. The number of ether oxygens (including phenoxy) is 1. The minimum Gasteiger partial charge on any atom is -0.464 e. The van der Waals surface area contributed by atoms with E-state index in [1.54, 1.807) is 6.07 Å². The van der Waals surface area contributed by atoms with Gasteiger partial charge in [-0.25, -0.2) is 14.3 Å². The number of fused-ring (bicyclic) bond motifs is 1. The molecule has 5 heteroatoms. The van der Waals surface area contributed by atoms with Gasteiger partial charge in [0.15, 0.2) is 11.3 Å². The van der Waals surface area contributed by atoms with Crippen LogP contribution in [0.3, 0.4) is 0 Å². The number of hydrogen-bond donors (Lipinski definition) is 0. The fourth-order valence-electron chi connectivity index (χ4n) is 1.46. The highest BCUT2D eigenvalue weighted by molar-refractivity contribution is 5.88. The summed E-state index contributed by atoms with van der Waals surface area (Å²) in [6.45, 7) is 3.68. The predicted octanol–water partition coefficient (Wildman–Crippen LogP) is 1.13. The molecule has 0 saturated heterocycles. The van der Waals surface area contributed by atoms with Crippen LogP contribution >= 0.6 is 0 Å². The number of nitrogens with zero attached hydrogens (tertiary/aromatic N) is 3. The second kappa shape index (κ2) is 3.34. The minimum atomic E-state index is -0.409. The van der Waals surface area contributed by atoms with Gasteiger partial charge in [0, 0.05) is 11.8 Å². The first kappa shape index (κ1) is 9.64. The molecule has 0 saturated carbocycles. The van der Waals surface area contributed by atoms with Crippen LogP contribution in [0.15, 0.2) is 12.1 Å². The summed E-state index contributed by atoms with van der Waals surface area (Å²) in [5, 5.41) is 4.18. The lowest BCUT2D eigenvalue weighted by atomic mass is 10.3. The molecule has 78 valence electrons. The van der Waals surface area contributed by atoms with Crippen molar-refractivity contribution >= 4 is 11.6 Å². The molecule has 0 atom stereocenters. The summed E-state index contributed by atoms with van der Waals surface area (Å²) in [6.07, 6.45) is 0. The fraction of sp³-hybridized carbons (Fsp3) is 0.300. The van der Waals surface area contributed by atoms with E-state index in [1.807, 2.05) is 19.9 Å². The quantitative estimate of drug-likeness (QED) is 0.655.